The summed E-state index contributed by atoms with van der Waals surface area (Å²) in [4.78, 5) is 13.1. The van der Waals surface area contributed by atoms with Crippen molar-refractivity contribution in [2.24, 2.45) is 4.99 Å². The van der Waals surface area contributed by atoms with E-state index in [0.717, 1.165) is 5.75 Å². The lowest BCUT2D eigenvalue weighted by molar-refractivity contribution is 0.563. The van der Waals surface area contributed by atoms with Gasteiger partial charge in [0.05, 0.1) is 0 Å². The highest BCUT2D eigenvalue weighted by atomic mass is 32.2. The van der Waals surface area contributed by atoms with Gasteiger partial charge in [0.25, 0.3) is 0 Å². The molecule has 0 aromatic carbocycles. The largest absolute Gasteiger partial charge is 0.236 e. The van der Waals surface area contributed by atoms with Gasteiger partial charge in [0.2, 0.25) is 6.08 Å². The van der Waals surface area contributed by atoms with Crippen LogP contribution in [0.3, 0.4) is 0 Å². The van der Waals surface area contributed by atoms with Crippen molar-refractivity contribution >= 4 is 17.8 Å². The van der Waals surface area contributed by atoms with Gasteiger partial charge in [-0.25, -0.2) is 4.79 Å². The maximum atomic E-state index is 9.59. The first-order valence-corrected chi connectivity index (χ1v) is 3.54. The molecule has 0 aliphatic rings. The molecular weight excluding hydrogens is 122 g/mol. The molecule has 0 heterocycles. The van der Waals surface area contributed by atoms with Crippen LogP contribution in [0.1, 0.15) is 13.8 Å². The molecule has 0 aliphatic heterocycles. The van der Waals surface area contributed by atoms with Crippen LogP contribution in [0.4, 0.5) is 0 Å². The molecule has 8 heavy (non-hydrogen) atoms. The van der Waals surface area contributed by atoms with E-state index >= 15 is 0 Å². The first kappa shape index (κ1) is 7.73. The van der Waals surface area contributed by atoms with E-state index in [4.69, 9.17) is 0 Å². The Hall–Kier alpha value is -0.270. The minimum atomic E-state index is 0.0810. The van der Waals surface area contributed by atoms with Gasteiger partial charge in [-0.3, -0.25) is 0 Å². The zero-order valence-electron chi connectivity index (χ0n) is 5.05. The zero-order valence-corrected chi connectivity index (χ0v) is 5.86. The van der Waals surface area contributed by atoms with Crippen LogP contribution in [0.2, 0.25) is 0 Å². The molecule has 0 aliphatic carbocycles. The summed E-state index contributed by atoms with van der Waals surface area (Å²) < 4.78 is 0. The van der Waals surface area contributed by atoms with Crippen LogP contribution in [0, 0.1) is 0 Å². The summed E-state index contributed by atoms with van der Waals surface area (Å²) >= 11 is 1.63. The van der Waals surface area contributed by atoms with Crippen LogP contribution >= 0.6 is 11.8 Å². The Bertz CT molecular complexity index is 98.6. The molecule has 3 heteroatoms. The maximum absolute atomic E-state index is 9.59. The summed E-state index contributed by atoms with van der Waals surface area (Å²) in [5.74, 6) is 0.992. The Morgan fingerprint density at radius 1 is 1.88 bits per heavy atom. The Morgan fingerprint density at radius 2 is 2.50 bits per heavy atom. The van der Waals surface area contributed by atoms with Crippen molar-refractivity contribution in [3.63, 3.8) is 0 Å². The van der Waals surface area contributed by atoms with Crippen LogP contribution in [0.25, 0.3) is 0 Å². The number of hydrogen-bond acceptors (Lipinski definition) is 3. The number of thioether (sulfide) groups is 1. The smallest absolute Gasteiger partial charge is 0.211 e. The highest BCUT2D eigenvalue weighted by Gasteiger charge is 1.92. The molecule has 0 saturated heterocycles. The minimum Gasteiger partial charge on any atom is -0.211 e. The molecule has 1 atom stereocenters. The monoisotopic (exact) mass is 131 g/mol. The van der Waals surface area contributed by atoms with Gasteiger partial charge >= 0.3 is 0 Å². The van der Waals surface area contributed by atoms with Gasteiger partial charge < -0.3 is 0 Å². The lowest BCUT2D eigenvalue weighted by atomic mass is 10.8. The number of nitrogens with zero attached hydrogens (tertiary/aromatic N) is 1. The van der Waals surface area contributed by atoms with E-state index in [-0.39, 0.29) is 5.37 Å². The fourth-order valence-electron chi connectivity index (χ4n) is 0.353. The molecule has 0 aromatic rings. The molecule has 0 bridgehead atoms. The highest BCUT2D eigenvalue weighted by molar-refractivity contribution is 7.99. The van der Waals surface area contributed by atoms with Gasteiger partial charge in [0.15, 0.2) is 0 Å². The van der Waals surface area contributed by atoms with E-state index in [1.54, 1.807) is 11.8 Å². The van der Waals surface area contributed by atoms with E-state index in [2.05, 4.69) is 4.99 Å². The fraction of sp³-hybridized carbons (Fsp3) is 0.800. The lowest BCUT2D eigenvalue weighted by Crippen LogP contribution is -1.88. The summed E-state index contributed by atoms with van der Waals surface area (Å²) in [6, 6.07) is 0. The molecule has 0 rings (SSSR count). The normalized spacial score (nSPS) is 12.2. The van der Waals surface area contributed by atoms with E-state index < -0.39 is 0 Å². The van der Waals surface area contributed by atoms with Gasteiger partial charge in [-0.05, 0) is 12.7 Å². The topological polar surface area (TPSA) is 29.4 Å². The Labute approximate surface area is 53.4 Å². The summed E-state index contributed by atoms with van der Waals surface area (Å²) in [6.07, 6.45) is 1.51. The summed E-state index contributed by atoms with van der Waals surface area (Å²) in [5.41, 5.74) is 0. The molecule has 2 nitrogen and oxygen atoms in total. The number of hydrogen-bond donors (Lipinski definition) is 0. The number of aliphatic imine (C=N–C) groups is 1. The van der Waals surface area contributed by atoms with Gasteiger partial charge in [-0.1, -0.05) is 6.92 Å². The summed E-state index contributed by atoms with van der Waals surface area (Å²) in [6.45, 7) is 3.90. The molecule has 1 unspecified atom stereocenters. The second-order valence-electron chi connectivity index (χ2n) is 1.28. The number of carbonyl (C=O) groups excluding carboxylic acids is 1. The highest BCUT2D eigenvalue weighted by Crippen LogP contribution is 2.08. The first-order chi connectivity index (χ1) is 3.81. The molecule has 0 aromatic heterocycles. The van der Waals surface area contributed by atoms with Gasteiger partial charge in [-0.15, -0.1) is 11.8 Å². The third-order valence-corrected chi connectivity index (χ3v) is 1.56. The molecule has 0 fully saturated rings. The van der Waals surface area contributed by atoms with Gasteiger partial charge in [-0.2, -0.15) is 4.99 Å². The van der Waals surface area contributed by atoms with Crippen molar-refractivity contribution in [3.8, 4) is 0 Å². The van der Waals surface area contributed by atoms with E-state index in [1.807, 2.05) is 13.8 Å². The number of rotatable bonds is 3. The maximum Gasteiger partial charge on any atom is 0.236 e. The van der Waals surface area contributed by atoms with Crippen LogP contribution < -0.4 is 0 Å². The van der Waals surface area contributed by atoms with E-state index in [9.17, 15) is 4.79 Å². The van der Waals surface area contributed by atoms with Crippen LogP contribution in [0.5, 0.6) is 0 Å². The fourth-order valence-corrected chi connectivity index (χ4v) is 0.953. The van der Waals surface area contributed by atoms with Crippen LogP contribution in [0.15, 0.2) is 4.99 Å². The predicted molar refractivity (Wildman–Crippen MR) is 35.7 cm³/mol. The average Bonchev–Trinajstić information content (AvgIpc) is 1.68. The second kappa shape index (κ2) is 4.88. The molecule has 0 amide bonds. The number of isocyanates is 1. The van der Waals surface area contributed by atoms with Crippen molar-refractivity contribution in [2.45, 2.75) is 19.2 Å². The van der Waals surface area contributed by atoms with Crippen molar-refractivity contribution in [1.82, 2.24) is 0 Å². The molecule has 0 spiro atoms. The standard InChI is InChI=1S/C5H9NOS/c1-3-8-5(2)6-4-7/h5H,3H2,1-2H3. The van der Waals surface area contributed by atoms with E-state index in [0.29, 0.717) is 0 Å². The SMILES string of the molecule is CCSC(C)N=C=O. The third kappa shape index (κ3) is 3.90. The van der Waals surface area contributed by atoms with E-state index in [1.165, 1.54) is 6.08 Å². The summed E-state index contributed by atoms with van der Waals surface area (Å²) in [7, 11) is 0. The summed E-state index contributed by atoms with van der Waals surface area (Å²) in [5, 5.41) is 0.0810. The molecule has 0 N–H and O–H groups in total. The Balaban J connectivity index is 3.31. The minimum absolute atomic E-state index is 0.0810. The quantitative estimate of drug-likeness (QED) is 0.428. The molecular formula is C5H9NOS. The van der Waals surface area contributed by atoms with Crippen molar-refractivity contribution in [2.75, 3.05) is 5.75 Å². The second-order valence-corrected chi connectivity index (χ2v) is 2.87. The van der Waals surface area contributed by atoms with Crippen molar-refractivity contribution in [1.29, 1.82) is 0 Å². The van der Waals surface area contributed by atoms with Crippen molar-refractivity contribution in [3.05, 3.63) is 0 Å². The third-order valence-electron chi connectivity index (χ3n) is 0.642. The van der Waals surface area contributed by atoms with Crippen LogP contribution in [-0.4, -0.2) is 17.2 Å². The van der Waals surface area contributed by atoms with Crippen LogP contribution in [-0.2, 0) is 4.79 Å². The average molecular weight is 131 g/mol. The molecule has 0 saturated carbocycles. The predicted octanol–water partition coefficient (Wildman–Crippen LogP) is 1.42. The Morgan fingerprint density at radius 3 is 2.88 bits per heavy atom. The van der Waals surface area contributed by atoms with Gasteiger partial charge in [0, 0.05) is 0 Å². The lowest BCUT2D eigenvalue weighted by Gasteiger charge is -1.96. The van der Waals surface area contributed by atoms with Gasteiger partial charge in [0.1, 0.15) is 5.37 Å². The molecule has 0 radical (unpaired) electrons. The Kier molecular flexibility index (Phi) is 4.71. The zero-order chi connectivity index (χ0) is 6.41. The first-order valence-electron chi connectivity index (χ1n) is 2.49. The van der Waals surface area contributed by atoms with Crippen molar-refractivity contribution < 1.29 is 4.79 Å². The molecule has 46 valence electrons.